The molecule has 1 aliphatic rings. The van der Waals surface area contributed by atoms with E-state index in [2.05, 4.69) is 24.1 Å². The van der Waals surface area contributed by atoms with E-state index in [0.29, 0.717) is 6.54 Å². The van der Waals surface area contributed by atoms with Crippen LogP contribution in [-0.4, -0.2) is 35.3 Å². The maximum absolute atomic E-state index is 12.7. The van der Waals surface area contributed by atoms with Gasteiger partial charge in [-0.1, -0.05) is 32.0 Å². The van der Waals surface area contributed by atoms with E-state index in [1.807, 2.05) is 31.2 Å². The molecule has 1 aromatic heterocycles. The monoisotopic (exact) mass is 325 g/mol. The molecule has 5 nitrogen and oxygen atoms in total. The lowest BCUT2D eigenvalue weighted by molar-refractivity contribution is -0.127. The van der Waals surface area contributed by atoms with Gasteiger partial charge < -0.3 is 10.2 Å². The normalized spacial score (nSPS) is 17.8. The zero-order valence-electron chi connectivity index (χ0n) is 14.6. The lowest BCUT2D eigenvalue weighted by atomic mass is 9.96. The number of fused-ring (bicyclic) bond motifs is 1. The summed E-state index contributed by atoms with van der Waals surface area (Å²) in [6, 6.07) is 7.83. The molecule has 0 saturated carbocycles. The summed E-state index contributed by atoms with van der Waals surface area (Å²) >= 11 is 0. The standard InChI is InChI=1S/C19H23N3O2/c1-11(2)17-12(3)20-15-8-6-5-7-14(15)18(17)21-19(24)13-9-16(23)22(4)10-13/h5-8,11,13H,9-10H2,1-4H3,(H,20,21,24). The molecule has 1 saturated heterocycles. The number of hydrogen-bond donors (Lipinski definition) is 1. The number of aryl methyl sites for hydroxylation is 1. The fourth-order valence-electron chi connectivity index (χ4n) is 3.45. The molecule has 2 aromatic rings. The van der Waals surface area contributed by atoms with Gasteiger partial charge in [-0.2, -0.15) is 0 Å². The molecule has 126 valence electrons. The molecule has 0 bridgehead atoms. The number of amides is 2. The third kappa shape index (κ3) is 2.86. The highest BCUT2D eigenvalue weighted by molar-refractivity contribution is 6.04. The van der Waals surface area contributed by atoms with Gasteiger partial charge in [-0.25, -0.2) is 0 Å². The molecular weight excluding hydrogens is 302 g/mol. The second kappa shape index (κ2) is 6.23. The highest BCUT2D eigenvalue weighted by Gasteiger charge is 2.32. The molecule has 2 heterocycles. The van der Waals surface area contributed by atoms with E-state index < -0.39 is 0 Å². The molecule has 1 N–H and O–H groups in total. The predicted molar refractivity (Wildman–Crippen MR) is 94.9 cm³/mol. The van der Waals surface area contributed by atoms with Gasteiger partial charge in [-0.3, -0.25) is 14.6 Å². The predicted octanol–water partition coefficient (Wildman–Crippen LogP) is 3.08. The number of benzene rings is 1. The second-order valence-corrected chi connectivity index (χ2v) is 6.82. The van der Waals surface area contributed by atoms with Crippen molar-refractivity contribution in [2.24, 2.45) is 5.92 Å². The smallest absolute Gasteiger partial charge is 0.229 e. The summed E-state index contributed by atoms with van der Waals surface area (Å²) in [5.41, 5.74) is 3.69. The molecule has 5 heteroatoms. The number of nitrogens with one attached hydrogen (secondary N) is 1. The van der Waals surface area contributed by atoms with Crippen LogP contribution in [0.15, 0.2) is 24.3 Å². The molecule has 1 aliphatic heterocycles. The number of carbonyl (C=O) groups is 2. The van der Waals surface area contributed by atoms with E-state index in [0.717, 1.165) is 27.8 Å². The van der Waals surface area contributed by atoms with Gasteiger partial charge in [0, 0.05) is 36.7 Å². The van der Waals surface area contributed by atoms with Gasteiger partial charge in [0.25, 0.3) is 0 Å². The van der Waals surface area contributed by atoms with Crippen LogP contribution in [0.4, 0.5) is 5.69 Å². The van der Waals surface area contributed by atoms with E-state index in [4.69, 9.17) is 0 Å². The van der Waals surface area contributed by atoms with Crippen molar-refractivity contribution in [3.63, 3.8) is 0 Å². The molecule has 24 heavy (non-hydrogen) atoms. The number of aromatic nitrogens is 1. The number of hydrogen-bond acceptors (Lipinski definition) is 3. The third-order valence-electron chi connectivity index (χ3n) is 4.66. The fraction of sp³-hybridized carbons (Fsp3) is 0.421. The Kier molecular flexibility index (Phi) is 4.26. The number of rotatable bonds is 3. The number of para-hydroxylation sites is 1. The van der Waals surface area contributed by atoms with Crippen molar-refractivity contribution in [2.75, 3.05) is 18.9 Å². The van der Waals surface area contributed by atoms with Crippen LogP contribution in [0.2, 0.25) is 0 Å². The van der Waals surface area contributed by atoms with Crippen molar-refractivity contribution < 1.29 is 9.59 Å². The van der Waals surface area contributed by atoms with Gasteiger partial charge in [0.1, 0.15) is 0 Å². The first-order valence-electron chi connectivity index (χ1n) is 8.32. The van der Waals surface area contributed by atoms with Gasteiger partial charge in [0.15, 0.2) is 0 Å². The molecule has 0 aliphatic carbocycles. The molecule has 2 amide bonds. The molecule has 3 rings (SSSR count). The van der Waals surface area contributed by atoms with Crippen molar-refractivity contribution in [3.05, 3.63) is 35.5 Å². The van der Waals surface area contributed by atoms with Crippen LogP contribution in [-0.2, 0) is 9.59 Å². The maximum atomic E-state index is 12.7. The van der Waals surface area contributed by atoms with Crippen molar-refractivity contribution in [1.82, 2.24) is 9.88 Å². The van der Waals surface area contributed by atoms with Crippen molar-refractivity contribution in [2.45, 2.75) is 33.1 Å². The van der Waals surface area contributed by atoms with Crippen LogP contribution in [0.3, 0.4) is 0 Å². The van der Waals surface area contributed by atoms with Gasteiger partial charge in [-0.15, -0.1) is 0 Å². The molecule has 1 aromatic carbocycles. The quantitative estimate of drug-likeness (QED) is 0.943. The van der Waals surface area contributed by atoms with E-state index >= 15 is 0 Å². The summed E-state index contributed by atoms with van der Waals surface area (Å²) in [4.78, 5) is 30.7. The first kappa shape index (κ1) is 16.4. The first-order chi connectivity index (χ1) is 11.4. The molecule has 0 radical (unpaired) electrons. The van der Waals surface area contributed by atoms with Crippen LogP contribution in [0, 0.1) is 12.8 Å². The summed E-state index contributed by atoms with van der Waals surface area (Å²) in [7, 11) is 1.74. The van der Waals surface area contributed by atoms with Gasteiger partial charge in [-0.05, 0) is 18.9 Å². The number of anilines is 1. The number of pyridine rings is 1. The lowest BCUT2D eigenvalue weighted by Gasteiger charge is -2.20. The summed E-state index contributed by atoms with van der Waals surface area (Å²) in [6.07, 6.45) is 0.279. The number of nitrogens with zero attached hydrogens (tertiary/aromatic N) is 2. The Balaban J connectivity index is 2.03. The van der Waals surface area contributed by atoms with Gasteiger partial charge >= 0.3 is 0 Å². The van der Waals surface area contributed by atoms with Crippen molar-refractivity contribution in [1.29, 1.82) is 0 Å². The molecule has 0 spiro atoms. The molecular formula is C19H23N3O2. The van der Waals surface area contributed by atoms with E-state index in [1.54, 1.807) is 11.9 Å². The minimum absolute atomic E-state index is 0.0231. The minimum atomic E-state index is -0.297. The highest BCUT2D eigenvalue weighted by atomic mass is 16.2. The Labute approximate surface area is 142 Å². The first-order valence-corrected chi connectivity index (χ1v) is 8.32. The van der Waals surface area contributed by atoms with Crippen LogP contribution >= 0.6 is 0 Å². The van der Waals surface area contributed by atoms with Gasteiger partial charge in [0.05, 0.1) is 17.1 Å². The van der Waals surface area contributed by atoms with E-state index in [-0.39, 0.29) is 30.1 Å². The van der Waals surface area contributed by atoms with Crippen LogP contribution in [0.1, 0.15) is 37.4 Å². The summed E-state index contributed by atoms with van der Waals surface area (Å²) in [5.74, 6) is -0.125. The Morgan fingerprint density at radius 2 is 2.04 bits per heavy atom. The average Bonchev–Trinajstić information content (AvgIpc) is 2.86. The number of carbonyl (C=O) groups excluding carboxylic acids is 2. The zero-order chi connectivity index (χ0) is 17.4. The zero-order valence-corrected chi connectivity index (χ0v) is 14.6. The van der Waals surface area contributed by atoms with Crippen LogP contribution < -0.4 is 5.32 Å². The van der Waals surface area contributed by atoms with Crippen LogP contribution in [0.5, 0.6) is 0 Å². The van der Waals surface area contributed by atoms with Crippen molar-refractivity contribution in [3.8, 4) is 0 Å². The summed E-state index contributed by atoms with van der Waals surface area (Å²) < 4.78 is 0. The largest absolute Gasteiger partial charge is 0.345 e. The molecule has 1 atom stereocenters. The molecule has 1 unspecified atom stereocenters. The fourth-order valence-corrected chi connectivity index (χ4v) is 3.45. The van der Waals surface area contributed by atoms with E-state index in [1.165, 1.54) is 0 Å². The van der Waals surface area contributed by atoms with Gasteiger partial charge in [0.2, 0.25) is 11.8 Å². The Morgan fingerprint density at radius 3 is 2.67 bits per heavy atom. The van der Waals surface area contributed by atoms with Crippen LogP contribution in [0.25, 0.3) is 10.9 Å². The van der Waals surface area contributed by atoms with E-state index in [9.17, 15) is 9.59 Å². The molecule has 1 fully saturated rings. The topological polar surface area (TPSA) is 62.3 Å². The Hall–Kier alpha value is -2.43. The Bertz CT molecular complexity index is 814. The summed E-state index contributed by atoms with van der Waals surface area (Å²) in [6.45, 7) is 6.65. The lowest BCUT2D eigenvalue weighted by Crippen LogP contribution is -2.26. The maximum Gasteiger partial charge on any atom is 0.229 e. The third-order valence-corrected chi connectivity index (χ3v) is 4.66. The second-order valence-electron chi connectivity index (χ2n) is 6.82. The SMILES string of the molecule is Cc1nc2ccccc2c(NC(=O)C2CC(=O)N(C)C2)c1C(C)C. The minimum Gasteiger partial charge on any atom is -0.345 e. The van der Waals surface area contributed by atoms with Crippen molar-refractivity contribution >= 4 is 28.4 Å². The Morgan fingerprint density at radius 1 is 1.33 bits per heavy atom. The highest BCUT2D eigenvalue weighted by Crippen LogP contribution is 2.34. The average molecular weight is 325 g/mol. The number of likely N-dealkylation sites (tertiary alicyclic amines) is 1. The summed E-state index contributed by atoms with van der Waals surface area (Å²) in [5, 5.41) is 4.04.